The minimum Gasteiger partial charge on any atom is -0.494 e. The highest BCUT2D eigenvalue weighted by molar-refractivity contribution is 6.04. The molecule has 0 amide bonds. The van der Waals surface area contributed by atoms with E-state index >= 15 is 0 Å². The lowest BCUT2D eigenvalue weighted by atomic mass is 10.1. The van der Waals surface area contributed by atoms with E-state index in [0.29, 0.717) is 22.2 Å². The lowest BCUT2D eigenvalue weighted by molar-refractivity contribution is 0.400. The van der Waals surface area contributed by atoms with Gasteiger partial charge in [0.05, 0.1) is 12.6 Å². The Morgan fingerprint density at radius 3 is 3.06 bits per heavy atom. The summed E-state index contributed by atoms with van der Waals surface area (Å²) in [7, 11) is 1.58. The van der Waals surface area contributed by atoms with Crippen LogP contribution >= 0.6 is 0 Å². The molecule has 2 aromatic heterocycles. The minimum absolute atomic E-state index is 0.410. The van der Waals surface area contributed by atoms with Crippen LogP contribution in [0.2, 0.25) is 0 Å². The van der Waals surface area contributed by atoms with Gasteiger partial charge < -0.3 is 9.26 Å². The third-order valence-corrected chi connectivity index (χ3v) is 2.55. The average Bonchev–Trinajstić information content (AvgIpc) is 2.70. The first-order chi connectivity index (χ1) is 7.81. The van der Waals surface area contributed by atoms with Crippen molar-refractivity contribution in [2.24, 2.45) is 0 Å². The van der Waals surface area contributed by atoms with Crippen LogP contribution in [0.5, 0.6) is 5.75 Å². The van der Waals surface area contributed by atoms with Crippen molar-refractivity contribution in [3.05, 3.63) is 34.8 Å². The molecule has 0 aliphatic rings. The Hall–Kier alpha value is -2.30. The van der Waals surface area contributed by atoms with E-state index in [0.717, 1.165) is 5.39 Å². The molecule has 3 rings (SSSR count). The van der Waals surface area contributed by atoms with E-state index < -0.39 is 5.63 Å². The number of aromatic nitrogens is 2. The maximum absolute atomic E-state index is 11.3. The third kappa shape index (κ3) is 1.05. The van der Waals surface area contributed by atoms with Crippen LogP contribution in [0.3, 0.4) is 0 Å². The number of H-pyrrole nitrogens is 1. The minimum atomic E-state index is -0.410. The lowest BCUT2D eigenvalue weighted by Crippen LogP contribution is -1.93. The normalized spacial score (nSPS) is 11.1. The van der Waals surface area contributed by atoms with E-state index in [9.17, 15) is 4.79 Å². The van der Waals surface area contributed by atoms with Crippen molar-refractivity contribution in [2.45, 2.75) is 0 Å². The summed E-state index contributed by atoms with van der Waals surface area (Å²) < 4.78 is 9.93. The molecule has 0 unspecified atom stereocenters. The SMILES string of the molecule is COc1cccc2c1ncc1c(=O)o[nH]c12. The van der Waals surface area contributed by atoms with Gasteiger partial charge in [-0.05, 0) is 6.07 Å². The number of hydrogen-bond donors (Lipinski definition) is 1. The van der Waals surface area contributed by atoms with Crippen LogP contribution in [-0.2, 0) is 0 Å². The number of hydrogen-bond acceptors (Lipinski definition) is 4. The first kappa shape index (κ1) is 8.96. The van der Waals surface area contributed by atoms with Gasteiger partial charge in [0, 0.05) is 11.6 Å². The number of pyridine rings is 1. The molecule has 1 N–H and O–H groups in total. The predicted molar refractivity (Wildman–Crippen MR) is 58.7 cm³/mol. The monoisotopic (exact) mass is 216 g/mol. The Bertz CT molecular complexity index is 727. The molecule has 0 saturated carbocycles. The highest BCUT2D eigenvalue weighted by Gasteiger charge is 2.10. The molecular weight excluding hydrogens is 208 g/mol. The summed E-state index contributed by atoms with van der Waals surface area (Å²) in [5.74, 6) is 0.668. The third-order valence-electron chi connectivity index (χ3n) is 2.55. The smallest absolute Gasteiger partial charge is 0.366 e. The molecule has 5 nitrogen and oxygen atoms in total. The molecule has 0 fully saturated rings. The van der Waals surface area contributed by atoms with Crippen molar-refractivity contribution >= 4 is 21.8 Å². The van der Waals surface area contributed by atoms with Gasteiger partial charge in [0.2, 0.25) is 0 Å². The van der Waals surface area contributed by atoms with Crippen LogP contribution in [0, 0.1) is 0 Å². The molecule has 3 aromatic rings. The topological polar surface area (TPSA) is 68.1 Å². The summed E-state index contributed by atoms with van der Waals surface area (Å²) >= 11 is 0. The van der Waals surface area contributed by atoms with Gasteiger partial charge in [-0.1, -0.05) is 12.1 Å². The number of aromatic amines is 1. The maximum Gasteiger partial charge on any atom is 0.366 e. The standard InChI is InChI=1S/C11H8N2O3/c1-15-8-4-2-3-6-9-7(5-12-10(6)8)11(14)16-13-9/h2-5,13H,1H3. The maximum atomic E-state index is 11.3. The number of rotatable bonds is 1. The summed E-state index contributed by atoms with van der Waals surface area (Å²) in [6, 6.07) is 5.52. The number of nitrogens with one attached hydrogen (secondary N) is 1. The van der Waals surface area contributed by atoms with E-state index in [4.69, 9.17) is 9.26 Å². The van der Waals surface area contributed by atoms with E-state index in [1.54, 1.807) is 7.11 Å². The van der Waals surface area contributed by atoms with Crippen molar-refractivity contribution in [3.63, 3.8) is 0 Å². The molecule has 5 heteroatoms. The average molecular weight is 216 g/mol. The van der Waals surface area contributed by atoms with Crippen LogP contribution in [0.4, 0.5) is 0 Å². The fraction of sp³-hybridized carbons (Fsp3) is 0.0909. The number of para-hydroxylation sites is 1. The first-order valence-electron chi connectivity index (χ1n) is 4.74. The zero-order chi connectivity index (χ0) is 11.1. The van der Waals surface area contributed by atoms with Crippen molar-refractivity contribution in [1.82, 2.24) is 10.1 Å². The molecular formula is C11H8N2O3. The van der Waals surface area contributed by atoms with Gasteiger partial charge in [-0.3, -0.25) is 4.98 Å². The highest BCUT2D eigenvalue weighted by Crippen LogP contribution is 2.27. The lowest BCUT2D eigenvalue weighted by Gasteiger charge is -2.03. The van der Waals surface area contributed by atoms with Crippen molar-refractivity contribution < 1.29 is 9.26 Å². The van der Waals surface area contributed by atoms with Gasteiger partial charge in [-0.2, -0.15) is 0 Å². The summed E-state index contributed by atoms with van der Waals surface area (Å²) in [6.07, 6.45) is 1.49. The second-order valence-electron chi connectivity index (χ2n) is 3.39. The molecule has 0 bridgehead atoms. The molecule has 0 aliphatic carbocycles. The second kappa shape index (κ2) is 3.10. The van der Waals surface area contributed by atoms with E-state index in [1.165, 1.54) is 6.20 Å². The Morgan fingerprint density at radius 1 is 1.38 bits per heavy atom. The molecule has 0 atom stereocenters. The summed E-state index contributed by atoms with van der Waals surface area (Å²) in [6.45, 7) is 0. The van der Waals surface area contributed by atoms with Gasteiger partial charge in [-0.15, -0.1) is 0 Å². The number of benzene rings is 1. The van der Waals surface area contributed by atoms with Crippen molar-refractivity contribution in [1.29, 1.82) is 0 Å². The number of ether oxygens (including phenoxy) is 1. The van der Waals surface area contributed by atoms with Crippen molar-refractivity contribution in [2.75, 3.05) is 7.11 Å². The second-order valence-corrected chi connectivity index (χ2v) is 3.39. The molecule has 0 spiro atoms. The van der Waals surface area contributed by atoms with Gasteiger partial charge in [-0.25, -0.2) is 9.95 Å². The first-order valence-corrected chi connectivity index (χ1v) is 4.74. The zero-order valence-electron chi connectivity index (χ0n) is 8.48. The van der Waals surface area contributed by atoms with Crippen LogP contribution in [0.15, 0.2) is 33.7 Å². The molecule has 80 valence electrons. The fourth-order valence-corrected chi connectivity index (χ4v) is 1.78. The van der Waals surface area contributed by atoms with Gasteiger partial charge >= 0.3 is 5.63 Å². The Balaban J connectivity index is 2.57. The number of methoxy groups -OCH3 is 1. The van der Waals surface area contributed by atoms with E-state index in [1.807, 2.05) is 18.2 Å². The van der Waals surface area contributed by atoms with E-state index in [-0.39, 0.29) is 0 Å². The summed E-state index contributed by atoms with van der Waals surface area (Å²) in [4.78, 5) is 15.5. The van der Waals surface area contributed by atoms with Crippen molar-refractivity contribution in [3.8, 4) is 5.75 Å². The summed E-state index contributed by atoms with van der Waals surface area (Å²) in [5.41, 5.74) is 0.940. The van der Waals surface area contributed by atoms with Crippen LogP contribution in [-0.4, -0.2) is 17.3 Å². The zero-order valence-corrected chi connectivity index (χ0v) is 8.48. The van der Waals surface area contributed by atoms with E-state index in [2.05, 4.69) is 10.1 Å². The highest BCUT2D eigenvalue weighted by atomic mass is 16.5. The summed E-state index contributed by atoms with van der Waals surface area (Å²) in [5, 5.41) is 3.85. The number of fused-ring (bicyclic) bond motifs is 3. The molecule has 2 heterocycles. The van der Waals surface area contributed by atoms with Gasteiger partial charge in [0.15, 0.2) is 0 Å². The molecule has 1 aromatic carbocycles. The Labute approximate surface area is 89.6 Å². The predicted octanol–water partition coefficient (Wildman–Crippen LogP) is 1.68. The molecule has 0 radical (unpaired) electrons. The van der Waals surface area contributed by atoms with Crippen LogP contribution in [0.25, 0.3) is 21.8 Å². The Morgan fingerprint density at radius 2 is 2.25 bits per heavy atom. The number of nitrogens with zero attached hydrogens (tertiary/aromatic N) is 1. The van der Waals surface area contributed by atoms with Gasteiger partial charge in [0.25, 0.3) is 0 Å². The quantitative estimate of drug-likeness (QED) is 0.671. The largest absolute Gasteiger partial charge is 0.494 e. The van der Waals surface area contributed by atoms with Crippen LogP contribution < -0.4 is 10.4 Å². The molecule has 16 heavy (non-hydrogen) atoms. The Kier molecular flexibility index (Phi) is 1.73. The molecule has 0 aliphatic heterocycles. The fourth-order valence-electron chi connectivity index (χ4n) is 1.78. The van der Waals surface area contributed by atoms with Gasteiger partial charge in [0.1, 0.15) is 16.7 Å². The molecule has 0 saturated heterocycles. The van der Waals surface area contributed by atoms with Crippen LogP contribution in [0.1, 0.15) is 0 Å².